The van der Waals surface area contributed by atoms with Crippen LogP contribution in [0.1, 0.15) is 12.0 Å². The number of benzene rings is 3. The summed E-state index contributed by atoms with van der Waals surface area (Å²) in [4.78, 5) is 14.2. The first kappa shape index (κ1) is 25.0. The Bertz CT molecular complexity index is 1510. The van der Waals surface area contributed by atoms with Gasteiger partial charge in [-0.2, -0.15) is 4.72 Å². The molecule has 1 aliphatic heterocycles. The lowest BCUT2D eigenvalue weighted by Crippen LogP contribution is -2.41. The molecule has 8 nitrogen and oxygen atoms in total. The van der Waals surface area contributed by atoms with Crippen LogP contribution in [0.15, 0.2) is 76.5 Å². The van der Waals surface area contributed by atoms with E-state index >= 15 is 4.39 Å². The minimum absolute atomic E-state index is 0.00762. The molecular formula is C24H24FN3O5S2. The molecule has 184 valence electrons. The van der Waals surface area contributed by atoms with E-state index in [1.807, 2.05) is 0 Å². The molecule has 0 aliphatic carbocycles. The van der Waals surface area contributed by atoms with Crippen molar-refractivity contribution in [2.45, 2.75) is 28.8 Å². The number of halogens is 1. The van der Waals surface area contributed by atoms with Gasteiger partial charge in [-0.1, -0.05) is 36.4 Å². The highest BCUT2D eigenvalue weighted by Crippen LogP contribution is 2.32. The molecule has 0 saturated carbocycles. The van der Waals surface area contributed by atoms with Crippen LogP contribution < -0.4 is 15.4 Å². The third-order valence-electron chi connectivity index (χ3n) is 5.78. The Hall–Kier alpha value is -3.12. The first-order valence-corrected chi connectivity index (χ1v) is 14.1. The predicted molar refractivity (Wildman–Crippen MR) is 130 cm³/mol. The highest BCUT2D eigenvalue weighted by Gasteiger charge is 2.36. The number of rotatable bonds is 7. The van der Waals surface area contributed by atoms with E-state index in [-0.39, 0.29) is 35.0 Å². The van der Waals surface area contributed by atoms with E-state index in [9.17, 15) is 21.6 Å². The van der Waals surface area contributed by atoms with Crippen LogP contribution in [0.3, 0.4) is 0 Å². The minimum atomic E-state index is -3.99. The number of nitrogens with one attached hydrogen (secondary N) is 1. The summed E-state index contributed by atoms with van der Waals surface area (Å²) in [5.41, 5.74) is 6.89. The maximum Gasteiger partial charge on any atom is 0.245 e. The second kappa shape index (κ2) is 9.50. The van der Waals surface area contributed by atoms with E-state index in [2.05, 4.69) is 4.72 Å². The Morgan fingerprint density at radius 2 is 1.77 bits per heavy atom. The quantitative estimate of drug-likeness (QED) is 0.496. The van der Waals surface area contributed by atoms with Gasteiger partial charge in [0.15, 0.2) is 9.84 Å². The molecule has 1 unspecified atom stereocenters. The average Bonchev–Trinajstić information content (AvgIpc) is 3.17. The van der Waals surface area contributed by atoms with E-state index in [4.69, 9.17) is 5.73 Å². The summed E-state index contributed by atoms with van der Waals surface area (Å²) < 4.78 is 67.3. The lowest BCUT2D eigenvalue weighted by Gasteiger charge is -2.19. The van der Waals surface area contributed by atoms with E-state index in [1.54, 1.807) is 30.3 Å². The third kappa shape index (κ3) is 5.13. The summed E-state index contributed by atoms with van der Waals surface area (Å²) in [7, 11) is -7.53. The molecule has 1 amide bonds. The Morgan fingerprint density at radius 1 is 1.03 bits per heavy atom. The van der Waals surface area contributed by atoms with Crippen molar-refractivity contribution in [3.63, 3.8) is 0 Å². The molecule has 4 rings (SSSR count). The molecule has 3 aromatic rings. The highest BCUT2D eigenvalue weighted by atomic mass is 32.2. The molecule has 1 heterocycles. The van der Waals surface area contributed by atoms with E-state index in [0.717, 1.165) is 6.26 Å². The molecule has 1 saturated heterocycles. The van der Waals surface area contributed by atoms with E-state index in [0.29, 0.717) is 16.7 Å². The average molecular weight is 518 g/mol. The van der Waals surface area contributed by atoms with Crippen molar-refractivity contribution in [2.75, 3.05) is 17.7 Å². The van der Waals surface area contributed by atoms with Gasteiger partial charge in [-0.15, -0.1) is 0 Å². The normalized spacial score (nSPS) is 16.6. The zero-order chi connectivity index (χ0) is 25.4. The number of carbonyl (C=O) groups excluding carboxylic acids is 1. The maximum atomic E-state index is 15.1. The van der Waals surface area contributed by atoms with Gasteiger partial charge in [0.2, 0.25) is 15.9 Å². The second-order valence-corrected chi connectivity index (χ2v) is 11.9. The van der Waals surface area contributed by atoms with Crippen molar-refractivity contribution in [1.29, 1.82) is 0 Å². The first-order chi connectivity index (χ1) is 16.5. The van der Waals surface area contributed by atoms with Crippen molar-refractivity contribution >= 4 is 31.5 Å². The number of carbonyl (C=O) groups is 1. The number of nitrogens with zero attached hydrogens (tertiary/aromatic N) is 1. The molecule has 0 bridgehead atoms. The fourth-order valence-electron chi connectivity index (χ4n) is 4.05. The van der Waals surface area contributed by atoms with Crippen LogP contribution in [-0.2, 0) is 31.2 Å². The van der Waals surface area contributed by atoms with Crippen molar-refractivity contribution in [2.24, 2.45) is 5.73 Å². The minimum Gasteiger partial charge on any atom is -0.326 e. The second-order valence-electron chi connectivity index (χ2n) is 8.24. The van der Waals surface area contributed by atoms with Crippen LogP contribution in [0.25, 0.3) is 11.1 Å². The lowest BCUT2D eigenvalue weighted by molar-refractivity contribution is -0.118. The van der Waals surface area contributed by atoms with Gasteiger partial charge in [-0.3, -0.25) is 4.79 Å². The maximum absolute atomic E-state index is 15.1. The zero-order valence-corrected chi connectivity index (χ0v) is 20.4. The summed E-state index contributed by atoms with van der Waals surface area (Å²) in [6.07, 6.45) is 1.24. The monoisotopic (exact) mass is 517 g/mol. The SMILES string of the molecule is CS(=O)(=O)c1ccccc1-c1ccc(N2CCC(NS(=O)(=O)c3cccc(CN)c3)C2=O)c(F)c1. The van der Waals surface area contributed by atoms with Crippen LogP contribution >= 0.6 is 0 Å². The lowest BCUT2D eigenvalue weighted by atomic mass is 10.0. The van der Waals surface area contributed by atoms with Gasteiger partial charge in [0.25, 0.3) is 0 Å². The fraction of sp³-hybridized carbons (Fsp3) is 0.208. The number of sulfone groups is 1. The molecule has 3 aromatic carbocycles. The Morgan fingerprint density at radius 3 is 2.46 bits per heavy atom. The van der Waals surface area contributed by atoms with Gasteiger partial charge in [0.05, 0.1) is 15.5 Å². The van der Waals surface area contributed by atoms with Crippen LogP contribution in [0.2, 0.25) is 0 Å². The summed E-state index contributed by atoms with van der Waals surface area (Å²) in [6.45, 7) is 0.286. The molecule has 1 atom stereocenters. The highest BCUT2D eigenvalue weighted by molar-refractivity contribution is 7.91. The summed E-state index contributed by atoms with van der Waals surface area (Å²) in [6, 6.07) is 15.4. The van der Waals surface area contributed by atoms with Crippen LogP contribution in [0.5, 0.6) is 0 Å². The largest absolute Gasteiger partial charge is 0.326 e. The van der Waals surface area contributed by atoms with Gasteiger partial charge in [0, 0.05) is 24.9 Å². The van der Waals surface area contributed by atoms with Crippen molar-refractivity contribution in [1.82, 2.24) is 4.72 Å². The van der Waals surface area contributed by atoms with E-state index < -0.39 is 37.6 Å². The summed E-state index contributed by atoms with van der Waals surface area (Å²) in [5.74, 6) is -1.30. The molecule has 0 aromatic heterocycles. The number of anilines is 1. The van der Waals surface area contributed by atoms with Gasteiger partial charge < -0.3 is 10.6 Å². The van der Waals surface area contributed by atoms with Gasteiger partial charge in [-0.25, -0.2) is 21.2 Å². The molecule has 3 N–H and O–H groups in total. The molecule has 35 heavy (non-hydrogen) atoms. The standard InChI is InChI=1S/C24H24FN3O5S2/c1-34(30,31)23-8-3-2-7-19(23)17-9-10-22(20(25)14-17)28-12-11-21(24(28)29)27-35(32,33)18-6-4-5-16(13-18)15-26/h2-10,13-14,21,27H,11-12,15,26H2,1H3. The summed E-state index contributed by atoms with van der Waals surface area (Å²) >= 11 is 0. The molecule has 1 fully saturated rings. The summed E-state index contributed by atoms with van der Waals surface area (Å²) in [5, 5.41) is 0. The van der Waals surface area contributed by atoms with E-state index in [1.165, 1.54) is 41.3 Å². The third-order valence-corrected chi connectivity index (χ3v) is 8.41. The zero-order valence-electron chi connectivity index (χ0n) is 18.8. The van der Waals surface area contributed by atoms with Gasteiger partial charge in [0.1, 0.15) is 11.9 Å². The Labute approximate surface area is 203 Å². The number of sulfonamides is 1. The Kier molecular flexibility index (Phi) is 6.78. The predicted octanol–water partition coefficient (Wildman–Crippen LogP) is 2.44. The van der Waals surface area contributed by atoms with Crippen molar-refractivity contribution in [3.05, 3.63) is 78.1 Å². The van der Waals surface area contributed by atoms with Gasteiger partial charge >= 0.3 is 0 Å². The number of nitrogens with two attached hydrogens (primary N) is 1. The molecule has 0 radical (unpaired) electrons. The Balaban J connectivity index is 1.57. The van der Waals surface area contributed by atoms with Crippen LogP contribution in [-0.4, -0.2) is 41.6 Å². The number of amides is 1. The van der Waals surface area contributed by atoms with Crippen molar-refractivity contribution < 1.29 is 26.0 Å². The fourth-order valence-corrected chi connectivity index (χ4v) is 6.25. The molecular weight excluding hydrogens is 493 g/mol. The number of hydrogen-bond donors (Lipinski definition) is 2. The number of hydrogen-bond acceptors (Lipinski definition) is 6. The molecule has 11 heteroatoms. The smallest absolute Gasteiger partial charge is 0.245 e. The van der Waals surface area contributed by atoms with Gasteiger partial charge in [-0.05, 0) is 47.9 Å². The van der Waals surface area contributed by atoms with Crippen LogP contribution in [0, 0.1) is 5.82 Å². The molecule has 0 spiro atoms. The van der Waals surface area contributed by atoms with Crippen LogP contribution in [0.4, 0.5) is 10.1 Å². The topological polar surface area (TPSA) is 127 Å². The first-order valence-electron chi connectivity index (χ1n) is 10.7. The van der Waals surface area contributed by atoms with Crippen molar-refractivity contribution in [3.8, 4) is 11.1 Å². The molecule has 1 aliphatic rings.